The Bertz CT molecular complexity index is 406. The van der Waals surface area contributed by atoms with Crippen LogP contribution in [0.3, 0.4) is 0 Å². The Morgan fingerprint density at radius 2 is 1.78 bits per heavy atom. The van der Waals surface area contributed by atoms with Crippen LogP contribution in [0.25, 0.3) is 0 Å². The quantitative estimate of drug-likeness (QED) is 0.573. The average Bonchev–Trinajstić information content (AvgIpc) is 2.28. The minimum absolute atomic E-state index is 0.0133. The van der Waals surface area contributed by atoms with E-state index in [1.165, 1.54) is 16.9 Å². The Hall–Kier alpha value is -1.15. The molecule has 1 amide bonds. The van der Waals surface area contributed by atoms with Crippen molar-refractivity contribution in [1.82, 2.24) is 9.80 Å². The van der Waals surface area contributed by atoms with Gasteiger partial charge in [-0.3, -0.25) is 14.5 Å². The van der Waals surface area contributed by atoms with E-state index in [9.17, 15) is 18.0 Å². The maximum Gasteiger partial charge on any atom is 0.319 e. The number of likely N-dealkylation sites (N-methyl/N-ethyl adjacent to an activating group) is 1. The fourth-order valence-corrected chi connectivity index (χ4v) is 2.83. The van der Waals surface area contributed by atoms with Gasteiger partial charge in [-0.1, -0.05) is 0 Å². The molecule has 1 rings (SSSR count). The molecule has 1 aliphatic heterocycles. The van der Waals surface area contributed by atoms with Gasteiger partial charge in [0.15, 0.2) is 9.84 Å². The topological polar surface area (TPSA) is 84.0 Å². The Morgan fingerprint density at radius 3 is 2.28 bits per heavy atom. The van der Waals surface area contributed by atoms with E-state index in [0.29, 0.717) is 0 Å². The largest absolute Gasteiger partial charge is 0.468 e. The molecule has 0 aliphatic carbocycles. The average molecular weight is 278 g/mol. The van der Waals surface area contributed by atoms with Gasteiger partial charge in [-0.15, -0.1) is 0 Å². The summed E-state index contributed by atoms with van der Waals surface area (Å²) in [6.45, 7) is 0.573. The SMILES string of the molecule is COC(=O)CN(C)CC(=O)N1CCS(=O)(=O)CC1. The van der Waals surface area contributed by atoms with Crippen molar-refractivity contribution in [2.75, 3.05) is 51.8 Å². The highest BCUT2D eigenvalue weighted by atomic mass is 32.2. The molecule has 104 valence electrons. The fourth-order valence-electron chi connectivity index (χ4n) is 1.63. The van der Waals surface area contributed by atoms with E-state index in [1.807, 2.05) is 0 Å². The van der Waals surface area contributed by atoms with Crippen LogP contribution in [0.1, 0.15) is 0 Å². The number of carbonyl (C=O) groups is 2. The maximum atomic E-state index is 11.8. The Balaban J connectivity index is 2.40. The second-order valence-corrected chi connectivity index (χ2v) is 6.58. The number of hydrogen-bond acceptors (Lipinski definition) is 6. The highest BCUT2D eigenvalue weighted by Gasteiger charge is 2.25. The lowest BCUT2D eigenvalue weighted by atomic mass is 10.4. The van der Waals surface area contributed by atoms with Gasteiger partial charge in [-0.05, 0) is 7.05 Å². The second kappa shape index (κ2) is 6.14. The summed E-state index contributed by atoms with van der Waals surface area (Å²) in [5.41, 5.74) is 0. The first-order chi connectivity index (χ1) is 8.34. The lowest BCUT2D eigenvalue weighted by Gasteiger charge is -2.28. The molecule has 0 radical (unpaired) electrons. The first-order valence-electron chi connectivity index (χ1n) is 5.57. The molecule has 0 aromatic heterocycles. The summed E-state index contributed by atoms with van der Waals surface area (Å²) < 4.78 is 26.9. The number of esters is 1. The zero-order valence-corrected chi connectivity index (χ0v) is 11.4. The van der Waals surface area contributed by atoms with Gasteiger partial charge in [0, 0.05) is 13.1 Å². The zero-order chi connectivity index (χ0) is 13.8. The van der Waals surface area contributed by atoms with E-state index in [0.717, 1.165) is 0 Å². The molecule has 0 unspecified atom stereocenters. The number of amides is 1. The van der Waals surface area contributed by atoms with Gasteiger partial charge >= 0.3 is 5.97 Å². The van der Waals surface area contributed by atoms with Crippen LogP contribution in [-0.2, 0) is 24.2 Å². The highest BCUT2D eigenvalue weighted by Crippen LogP contribution is 2.04. The smallest absolute Gasteiger partial charge is 0.319 e. The van der Waals surface area contributed by atoms with E-state index in [1.54, 1.807) is 7.05 Å². The van der Waals surface area contributed by atoms with E-state index in [2.05, 4.69) is 4.74 Å². The first kappa shape index (κ1) is 14.9. The molecule has 0 saturated carbocycles. The summed E-state index contributed by atoms with van der Waals surface area (Å²) in [4.78, 5) is 25.9. The van der Waals surface area contributed by atoms with E-state index in [4.69, 9.17) is 0 Å². The zero-order valence-electron chi connectivity index (χ0n) is 10.6. The van der Waals surface area contributed by atoms with Crippen LogP contribution < -0.4 is 0 Å². The highest BCUT2D eigenvalue weighted by molar-refractivity contribution is 7.91. The Labute approximate surface area is 107 Å². The number of hydrogen-bond donors (Lipinski definition) is 0. The van der Waals surface area contributed by atoms with Crippen molar-refractivity contribution in [3.8, 4) is 0 Å². The third-order valence-corrected chi connectivity index (χ3v) is 4.34. The van der Waals surface area contributed by atoms with Crippen LogP contribution in [0.5, 0.6) is 0 Å². The number of rotatable bonds is 4. The van der Waals surface area contributed by atoms with Crippen molar-refractivity contribution in [3.63, 3.8) is 0 Å². The summed E-state index contributed by atoms with van der Waals surface area (Å²) in [5, 5.41) is 0. The Kier molecular flexibility index (Phi) is 5.09. The molecule has 0 spiro atoms. The van der Waals surface area contributed by atoms with Crippen LogP contribution in [0.2, 0.25) is 0 Å². The van der Waals surface area contributed by atoms with Crippen molar-refractivity contribution in [2.45, 2.75) is 0 Å². The van der Waals surface area contributed by atoms with Crippen molar-refractivity contribution in [1.29, 1.82) is 0 Å². The molecule has 0 aromatic rings. The van der Waals surface area contributed by atoms with Crippen LogP contribution in [0, 0.1) is 0 Å². The molecule has 0 N–H and O–H groups in total. The molecule has 18 heavy (non-hydrogen) atoms. The number of ether oxygens (including phenoxy) is 1. The van der Waals surface area contributed by atoms with E-state index < -0.39 is 15.8 Å². The molecular formula is C10H18N2O5S. The normalized spacial score (nSPS) is 18.7. The standard InChI is InChI=1S/C10H18N2O5S/c1-11(8-10(14)17-2)7-9(13)12-3-5-18(15,16)6-4-12/h3-8H2,1-2H3. The lowest BCUT2D eigenvalue weighted by Crippen LogP contribution is -2.47. The molecule has 1 fully saturated rings. The van der Waals surface area contributed by atoms with Gasteiger partial charge < -0.3 is 9.64 Å². The van der Waals surface area contributed by atoms with Gasteiger partial charge in [-0.2, -0.15) is 0 Å². The summed E-state index contributed by atoms with van der Waals surface area (Å²) in [6.07, 6.45) is 0. The second-order valence-electron chi connectivity index (χ2n) is 4.28. The molecule has 1 saturated heterocycles. The van der Waals surface area contributed by atoms with Gasteiger partial charge in [0.2, 0.25) is 5.91 Å². The summed E-state index contributed by atoms with van der Waals surface area (Å²) in [5.74, 6) is -0.554. The molecular weight excluding hydrogens is 260 g/mol. The van der Waals surface area contributed by atoms with Crippen molar-refractivity contribution in [2.24, 2.45) is 0 Å². The lowest BCUT2D eigenvalue weighted by molar-refractivity contribution is -0.142. The van der Waals surface area contributed by atoms with Gasteiger partial charge in [-0.25, -0.2) is 8.42 Å². The Morgan fingerprint density at radius 1 is 1.22 bits per heavy atom. The minimum atomic E-state index is -2.98. The number of nitrogens with zero attached hydrogens (tertiary/aromatic N) is 2. The molecule has 1 aliphatic rings. The molecule has 0 aromatic carbocycles. The van der Waals surface area contributed by atoms with E-state index >= 15 is 0 Å². The number of carbonyl (C=O) groups excluding carboxylic acids is 2. The predicted molar refractivity (Wildman–Crippen MR) is 64.7 cm³/mol. The summed E-state index contributed by atoms with van der Waals surface area (Å²) in [7, 11) is -0.0626. The summed E-state index contributed by atoms with van der Waals surface area (Å²) in [6, 6.07) is 0. The van der Waals surface area contributed by atoms with Crippen LogP contribution >= 0.6 is 0 Å². The minimum Gasteiger partial charge on any atom is -0.468 e. The molecule has 8 heteroatoms. The van der Waals surface area contributed by atoms with Gasteiger partial charge in [0.1, 0.15) is 0 Å². The predicted octanol–water partition coefficient (Wildman–Crippen LogP) is -1.65. The molecule has 0 atom stereocenters. The molecule has 1 heterocycles. The van der Waals surface area contributed by atoms with Gasteiger partial charge in [0.25, 0.3) is 0 Å². The maximum absolute atomic E-state index is 11.8. The molecule has 7 nitrogen and oxygen atoms in total. The van der Waals surface area contributed by atoms with E-state index in [-0.39, 0.29) is 43.6 Å². The first-order valence-corrected chi connectivity index (χ1v) is 7.40. The fraction of sp³-hybridized carbons (Fsp3) is 0.800. The number of methoxy groups -OCH3 is 1. The summed E-state index contributed by atoms with van der Waals surface area (Å²) >= 11 is 0. The monoisotopic (exact) mass is 278 g/mol. The van der Waals surface area contributed by atoms with Gasteiger partial charge in [0.05, 0.1) is 31.7 Å². The number of sulfone groups is 1. The van der Waals surface area contributed by atoms with Crippen molar-refractivity contribution < 1.29 is 22.7 Å². The van der Waals surface area contributed by atoms with Crippen molar-refractivity contribution >= 4 is 21.7 Å². The third-order valence-electron chi connectivity index (χ3n) is 2.73. The van der Waals surface area contributed by atoms with Crippen LogP contribution in [0.4, 0.5) is 0 Å². The van der Waals surface area contributed by atoms with Crippen LogP contribution in [-0.4, -0.2) is 81.9 Å². The third kappa shape index (κ3) is 4.61. The van der Waals surface area contributed by atoms with Crippen molar-refractivity contribution in [3.05, 3.63) is 0 Å². The molecule has 0 bridgehead atoms. The van der Waals surface area contributed by atoms with Crippen LogP contribution in [0.15, 0.2) is 0 Å².